The third kappa shape index (κ3) is 3.45. The van der Waals surface area contributed by atoms with E-state index in [0.717, 1.165) is 50.5 Å². The van der Waals surface area contributed by atoms with E-state index in [1.165, 1.54) is 10.6 Å². The van der Waals surface area contributed by atoms with E-state index in [-0.39, 0.29) is 0 Å². The SMILES string of the molecule is CCN(CC)c1c(C)sc2c(Oc3c(C)cc(Br)cc3C)nc(C)nc12. The molecule has 0 atom stereocenters. The van der Waals surface area contributed by atoms with E-state index in [2.05, 4.69) is 72.6 Å². The van der Waals surface area contributed by atoms with Crippen molar-refractivity contribution in [2.75, 3.05) is 18.0 Å². The molecular weight excluding hydrogens is 410 g/mol. The highest BCUT2D eigenvalue weighted by Gasteiger charge is 2.21. The Bertz CT molecular complexity index is 940. The highest BCUT2D eigenvalue weighted by molar-refractivity contribution is 9.10. The van der Waals surface area contributed by atoms with Crippen molar-refractivity contribution in [3.63, 3.8) is 0 Å². The maximum atomic E-state index is 6.32. The molecule has 2 heterocycles. The van der Waals surface area contributed by atoms with E-state index in [4.69, 9.17) is 9.72 Å². The third-order valence-corrected chi connectivity index (χ3v) is 5.99. The molecule has 0 unspecified atom stereocenters. The zero-order valence-corrected chi connectivity index (χ0v) is 18.5. The van der Waals surface area contributed by atoms with E-state index in [1.54, 1.807) is 11.3 Å². The van der Waals surface area contributed by atoms with Crippen molar-refractivity contribution in [2.45, 2.75) is 41.5 Å². The summed E-state index contributed by atoms with van der Waals surface area (Å²) in [4.78, 5) is 13.0. The molecule has 1 aromatic carbocycles. The van der Waals surface area contributed by atoms with Crippen LogP contribution in [0.3, 0.4) is 0 Å². The van der Waals surface area contributed by atoms with Gasteiger partial charge in [-0.05, 0) is 64.8 Å². The highest BCUT2D eigenvalue weighted by atomic mass is 79.9. The van der Waals surface area contributed by atoms with Crippen LogP contribution in [0.4, 0.5) is 5.69 Å². The van der Waals surface area contributed by atoms with Gasteiger partial charge in [0.05, 0.1) is 5.69 Å². The molecule has 4 nitrogen and oxygen atoms in total. The Balaban J connectivity index is 2.18. The maximum absolute atomic E-state index is 6.32. The molecule has 0 aliphatic carbocycles. The molecule has 2 aromatic heterocycles. The van der Waals surface area contributed by atoms with Gasteiger partial charge in [0.2, 0.25) is 5.88 Å². The highest BCUT2D eigenvalue weighted by Crippen LogP contribution is 2.42. The van der Waals surface area contributed by atoms with Gasteiger partial charge >= 0.3 is 0 Å². The summed E-state index contributed by atoms with van der Waals surface area (Å²) in [6.45, 7) is 14.4. The fraction of sp³-hybridized carbons (Fsp3) is 0.400. The van der Waals surface area contributed by atoms with Crippen LogP contribution in [0, 0.1) is 27.7 Å². The van der Waals surface area contributed by atoms with Gasteiger partial charge in [-0.2, -0.15) is 4.98 Å². The third-order valence-electron chi connectivity index (χ3n) is 4.46. The van der Waals surface area contributed by atoms with Crippen LogP contribution in [0.1, 0.15) is 35.7 Å². The van der Waals surface area contributed by atoms with Crippen molar-refractivity contribution < 1.29 is 4.74 Å². The first-order valence-electron chi connectivity index (χ1n) is 8.82. The molecule has 3 aromatic rings. The smallest absolute Gasteiger partial charge is 0.240 e. The topological polar surface area (TPSA) is 38.2 Å². The Hall–Kier alpha value is -1.66. The lowest BCUT2D eigenvalue weighted by molar-refractivity contribution is 0.460. The number of nitrogens with zero attached hydrogens (tertiary/aromatic N) is 3. The van der Waals surface area contributed by atoms with Crippen molar-refractivity contribution in [1.82, 2.24) is 9.97 Å². The largest absolute Gasteiger partial charge is 0.437 e. The lowest BCUT2D eigenvalue weighted by atomic mass is 10.1. The van der Waals surface area contributed by atoms with Crippen LogP contribution in [-0.2, 0) is 0 Å². The second kappa shape index (κ2) is 7.53. The fourth-order valence-corrected chi connectivity index (χ4v) is 5.02. The van der Waals surface area contributed by atoms with Crippen LogP contribution in [0.2, 0.25) is 0 Å². The zero-order valence-electron chi connectivity index (χ0n) is 16.1. The standard InChI is InChI=1S/C20H24BrN3OS/c1-7-24(8-2)17-13(5)26-19-16(17)22-14(6)23-20(19)25-18-11(3)9-15(21)10-12(18)4/h9-10H,7-8H2,1-6H3. The molecule has 3 rings (SSSR count). The van der Waals surface area contributed by atoms with Crippen molar-refractivity contribution >= 4 is 43.2 Å². The van der Waals surface area contributed by atoms with Gasteiger partial charge in [0.1, 0.15) is 21.8 Å². The number of aromatic nitrogens is 2. The first kappa shape index (κ1) is 19.1. The van der Waals surface area contributed by atoms with Gasteiger partial charge in [-0.25, -0.2) is 4.98 Å². The van der Waals surface area contributed by atoms with Gasteiger partial charge in [0.15, 0.2) is 0 Å². The van der Waals surface area contributed by atoms with Crippen LogP contribution >= 0.6 is 27.3 Å². The van der Waals surface area contributed by atoms with E-state index in [1.807, 2.05) is 6.92 Å². The quantitative estimate of drug-likeness (QED) is 0.471. The average Bonchev–Trinajstić information content (AvgIpc) is 2.89. The minimum atomic E-state index is 0.646. The minimum absolute atomic E-state index is 0.646. The predicted octanol–water partition coefficient (Wildman–Crippen LogP) is 6.33. The Morgan fingerprint density at radius 1 is 1.04 bits per heavy atom. The molecule has 0 radical (unpaired) electrons. The molecular formula is C20H24BrN3OS. The maximum Gasteiger partial charge on any atom is 0.240 e. The number of anilines is 1. The molecule has 26 heavy (non-hydrogen) atoms. The normalized spacial score (nSPS) is 11.2. The Morgan fingerprint density at radius 3 is 2.23 bits per heavy atom. The van der Waals surface area contributed by atoms with E-state index >= 15 is 0 Å². The van der Waals surface area contributed by atoms with Crippen LogP contribution in [-0.4, -0.2) is 23.1 Å². The zero-order chi connectivity index (χ0) is 19.0. The molecule has 6 heteroatoms. The second-order valence-electron chi connectivity index (χ2n) is 6.40. The summed E-state index contributed by atoms with van der Waals surface area (Å²) in [7, 11) is 0. The van der Waals surface area contributed by atoms with Crippen LogP contribution in [0.5, 0.6) is 11.6 Å². The number of thiophene rings is 1. The molecule has 0 aliphatic rings. The van der Waals surface area contributed by atoms with Crippen LogP contribution in [0.25, 0.3) is 10.2 Å². The van der Waals surface area contributed by atoms with Gasteiger partial charge < -0.3 is 9.64 Å². The molecule has 0 N–H and O–H groups in total. The molecule has 138 valence electrons. The summed E-state index contributed by atoms with van der Waals surface area (Å²) >= 11 is 5.25. The van der Waals surface area contributed by atoms with Gasteiger partial charge in [-0.1, -0.05) is 15.9 Å². The number of rotatable bonds is 5. The first-order valence-corrected chi connectivity index (χ1v) is 10.4. The van der Waals surface area contributed by atoms with Gasteiger partial charge in [0, 0.05) is 22.4 Å². The van der Waals surface area contributed by atoms with Crippen molar-refractivity contribution in [1.29, 1.82) is 0 Å². The molecule has 0 saturated heterocycles. The molecule has 0 aliphatic heterocycles. The molecule has 0 bridgehead atoms. The number of fused-ring (bicyclic) bond motifs is 1. The monoisotopic (exact) mass is 433 g/mol. The van der Waals surface area contributed by atoms with Gasteiger partial charge in [-0.15, -0.1) is 11.3 Å². The second-order valence-corrected chi connectivity index (χ2v) is 8.54. The molecule has 0 fully saturated rings. The first-order chi connectivity index (χ1) is 12.3. The minimum Gasteiger partial charge on any atom is -0.437 e. The van der Waals surface area contributed by atoms with Gasteiger partial charge in [0.25, 0.3) is 0 Å². The van der Waals surface area contributed by atoms with Crippen molar-refractivity contribution in [2.24, 2.45) is 0 Å². The predicted molar refractivity (Wildman–Crippen MR) is 114 cm³/mol. The van der Waals surface area contributed by atoms with Crippen molar-refractivity contribution in [3.8, 4) is 11.6 Å². The number of hydrogen-bond donors (Lipinski definition) is 0. The Labute approximate surface area is 167 Å². The van der Waals surface area contributed by atoms with Crippen LogP contribution < -0.4 is 9.64 Å². The summed E-state index contributed by atoms with van der Waals surface area (Å²) in [5.74, 6) is 2.24. The van der Waals surface area contributed by atoms with E-state index in [0.29, 0.717) is 5.88 Å². The number of halogens is 1. The summed E-state index contributed by atoms with van der Waals surface area (Å²) in [5.41, 5.74) is 4.36. The van der Waals surface area contributed by atoms with Crippen molar-refractivity contribution in [3.05, 3.63) is 38.4 Å². The lowest BCUT2D eigenvalue weighted by Gasteiger charge is -2.21. The number of ether oxygens (including phenoxy) is 1. The van der Waals surface area contributed by atoms with Gasteiger partial charge in [-0.3, -0.25) is 0 Å². The van der Waals surface area contributed by atoms with E-state index < -0.39 is 0 Å². The summed E-state index contributed by atoms with van der Waals surface area (Å²) in [5, 5.41) is 0. The average molecular weight is 434 g/mol. The van der Waals surface area contributed by atoms with E-state index in [9.17, 15) is 0 Å². The molecule has 0 spiro atoms. The Morgan fingerprint density at radius 2 is 1.65 bits per heavy atom. The number of aryl methyl sites for hydroxylation is 4. The molecule has 0 amide bonds. The summed E-state index contributed by atoms with van der Waals surface area (Å²) < 4.78 is 8.39. The fourth-order valence-electron chi connectivity index (χ4n) is 3.29. The Kier molecular flexibility index (Phi) is 5.53. The lowest BCUT2D eigenvalue weighted by Crippen LogP contribution is -2.22. The summed E-state index contributed by atoms with van der Waals surface area (Å²) in [6.07, 6.45) is 0. The summed E-state index contributed by atoms with van der Waals surface area (Å²) in [6, 6.07) is 4.13. The number of benzene rings is 1. The van der Waals surface area contributed by atoms with Crippen LogP contribution in [0.15, 0.2) is 16.6 Å². The molecule has 0 saturated carbocycles. The number of hydrogen-bond acceptors (Lipinski definition) is 5.